The van der Waals surface area contributed by atoms with Crippen LogP contribution in [0.2, 0.25) is 0 Å². The third kappa shape index (κ3) is 2.84. The molecule has 5 aliphatic rings. The summed E-state index contributed by atoms with van der Waals surface area (Å²) < 4.78 is 11.7. The number of hydrogen-bond donors (Lipinski definition) is 2. The summed E-state index contributed by atoms with van der Waals surface area (Å²) in [6, 6.07) is 5.35. The molecule has 2 N–H and O–H groups in total. The number of aliphatic hydroxyl groups is 1. The molecule has 1 aromatic heterocycles. The van der Waals surface area contributed by atoms with Gasteiger partial charge in [0.15, 0.2) is 11.5 Å². The predicted octanol–water partition coefficient (Wildman–Crippen LogP) is 3.34. The van der Waals surface area contributed by atoms with Crippen molar-refractivity contribution >= 4 is 12.0 Å². The van der Waals surface area contributed by atoms with Crippen molar-refractivity contribution in [1.82, 2.24) is 9.80 Å². The quantitative estimate of drug-likeness (QED) is 0.626. The highest BCUT2D eigenvalue weighted by atomic mass is 16.5. The normalized spacial score (nSPS) is 36.5. The van der Waals surface area contributed by atoms with Crippen molar-refractivity contribution in [3.05, 3.63) is 53.5 Å². The van der Waals surface area contributed by atoms with Crippen LogP contribution >= 0.6 is 0 Å². The lowest BCUT2D eigenvalue weighted by Crippen LogP contribution is -2.80. The van der Waals surface area contributed by atoms with Crippen molar-refractivity contribution in [3.63, 3.8) is 0 Å². The van der Waals surface area contributed by atoms with Crippen molar-refractivity contribution in [1.29, 1.82) is 0 Å². The maximum Gasteiger partial charge on any atom is 0.246 e. The molecule has 1 aromatic carbocycles. The molecule has 2 saturated carbocycles. The van der Waals surface area contributed by atoms with E-state index in [0.717, 1.165) is 43.0 Å². The molecule has 1 saturated heterocycles. The van der Waals surface area contributed by atoms with Crippen molar-refractivity contribution in [2.75, 3.05) is 20.1 Å². The molecule has 2 bridgehead atoms. The Kier molecular flexibility index (Phi) is 4.75. The summed E-state index contributed by atoms with van der Waals surface area (Å²) in [5, 5.41) is 23.7. The van der Waals surface area contributed by atoms with Crippen LogP contribution in [0.1, 0.15) is 49.3 Å². The molecule has 190 valence electrons. The van der Waals surface area contributed by atoms with Gasteiger partial charge in [-0.1, -0.05) is 13.0 Å². The number of rotatable bonds is 5. The molecule has 3 aliphatic carbocycles. The Hall–Kier alpha value is -2.77. The topological polar surface area (TPSA) is 86.4 Å². The fourth-order valence-corrected chi connectivity index (χ4v) is 8.07. The first-order chi connectivity index (χ1) is 17.3. The lowest BCUT2D eigenvalue weighted by atomic mass is 9.45. The van der Waals surface area contributed by atoms with Crippen LogP contribution < -0.4 is 4.74 Å². The van der Waals surface area contributed by atoms with E-state index in [9.17, 15) is 15.0 Å². The largest absolute Gasteiger partial charge is 0.504 e. The zero-order valence-corrected chi connectivity index (χ0v) is 20.9. The minimum absolute atomic E-state index is 0.0129. The van der Waals surface area contributed by atoms with E-state index in [2.05, 4.69) is 11.8 Å². The Bertz CT molecular complexity index is 1240. The lowest BCUT2D eigenvalue weighted by Gasteiger charge is -2.67. The van der Waals surface area contributed by atoms with Gasteiger partial charge < -0.3 is 24.3 Å². The second kappa shape index (κ2) is 7.62. The maximum absolute atomic E-state index is 13.3. The van der Waals surface area contributed by atoms with Crippen LogP contribution in [0.5, 0.6) is 11.5 Å². The van der Waals surface area contributed by atoms with Crippen LogP contribution in [0, 0.1) is 11.8 Å². The number of amides is 1. The zero-order valence-electron chi connectivity index (χ0n) is 20.9. The van der Waals surface area contributed by atoms with Crippen LogP contribution in [-0.4, -0.2) is 69.8 Å². The van der Waals surface area contributed by atoms with Crippen LogP contribution in [0.25, 0.3) is 6.08 Å². The van der Waals surface area contributed by atoms with Gasteiger partial charge in [-0.15, -0.1) is 0 Å². The van der Waals surface area contributed by atoms with E-state index in [-0.39, 0.29) is 29.7 Å². The Morgan fingerprint density at radius 3 is 2.89 bits per heavy atom. The van der Waals surface area contributed by atoms with E-state index in [1.807, 2.05) is 19.2 Å². The number of ether oxygens (including phenoxy) is 1. The van der Waals surface area contributed by atoms with Gasteiger partial charge >= 0.3 is 0 Å². The average Bonchev–Trinajstić information content (AvgIpc) is 3.38. The Morgan fingerprint density at radius 1 is 1.31 bits per heavy atom. The smallest absolute Gasteiger partial charge is 0.246 e. The van der Waals surface area contributed by atoms with E-state index in [1.165, 1.54) is 18.4 Å². The van der Waals surface area contributed by atoms with Gasteiger partial charge in [0.2, 0.25) is 5.91 Å². The summed E-state index contributed by atoms with van der Waals surface area (Å²) in [6.07, 6.45) is 10.8. The van der Waals surface area contributed by atoms with E-state index in [0.29, 0.717) is 12.2 Å². The SMILES string of the molecule is C[C@H]1C[C@@H](N(C)C(=O)/C=C/c2ccoc2)[C@H]2Oc3c(O)ccc4c3[C@@]23CCN(CC2CC2)[C@H](C4)[C@]13O. The van der Waals surface area contributed by atoms with Gasteiger partial charge in [-0.3, -0.25) is 9.69 Å². The van der Waals surface area contributed by atoms with Gasteiger partial charge in [0.1, 0.15) is 6.10 Å². The Morgan fingerprint density at radius 2 is 2.14 bits per heavy atom. The second-order valence-electron chi connectivity index (χ2n) is 11.7. The third-order valence-corrected chi connectivity index (χ3v) is 9.96. The van der Waals surface area contributed by atoms with Gasteiger partial charge in [0.25, 0.3) is 0 Å². The highest BCUT2D eigenvalue weighted by Crippen LogP contribution is 2.67. The monoisotopic (exact) mass is 490 g/mol. The van der Waals surface area contributed by atoms with Crippen molar-refractivity contribution < 1.29 is 24.2 Å². The molecule has 0 unspecified atom stereocenters. The summed E-state index contributed by atoms with van der Waals surface area (Å²) in [4.78, 5) is 17.6. The first-order valence-corrected chi connectivity index (χ1v) is 13.3. The van der Waals surface area contributed by atoms with Gasteiger partial charge in [-0.05, 0) is 74.3 Å². The van der Waals surface area contributed by atoms with Gasteiger partial charge in [0.05, 0.1) is 29.6 Å². The number of nitrogens with zero attached hydrogens (tertiary/aromatic N) is 2. The van der Waals surface area contributed by atoms with Crippen LogP contribution in [0.3, 0.4) is 0 Å². The van der Waals surface area contributed by atoms with Crippen molar-refractivity contribution in [2.24, 2.45) is 11.8 Å². The van der Waals surface area contributed by atoms with Crippen LogP contribution in [0.4, 0.5) is 0 Å². The molecule has 7 rings (SSSR count). The number of piperidine rings is 1. The molecular formula is C29H34N2O5. The third-order valence-electron chi connectivity index (χ3n) is 9.96. The van der Waals surface area contributed by atoms with E-state index in [1.54, 1.807) is 35.6 Å². The summed E-state index contributed by atoms with van der Waals surface area (Å²) in [6.45, 7) is 4.08. The number of carbonyl (C=O) groups excluding carboxylic acids is 1. The average molecular weight is 491 g/mol. The van der Waals surface area contributed by atoms with Gasteiger partial charge in [0, 0.05) is 36.8 Å². The number of carbonyl (C=O) groups is 1. The molecule has 2 aliphatic heterocycles. The van der Waals surface area contributed by atoms with Crippen LogP contribution in [0.15, 0.2) is 41.2 Å². The molecule has 3 heterocycles. The number of likely N-dealkylation sites (N-methyl/N-ethyl adjacent to an activating group) is 1. The number of phenols is 1. The lowest BCUT2D eigenvalue weighted by molar-refractivity contribution is -0.224. The zero-order chi connectivity index (χ0) is 24.8. The number of furan rings is 1. The molecule has 7 nitrogen and oxygen atoms in total. The summed E-state index contributed by atoms with van der Waals surface area (Å²) in [5.74, 6) is 1.23. The molecular weight excluding hydrogens is 456 g/mol. The minimum atomic E-state index is -0.982. The summed E-state index contributed by atoms with van der Waals surface area (Å²) >= 11 is 0. The second-order valence-corrected chi connectivity index (χ2v) is 11.7. The molecule has 7 heteroatoms. The number of aromatic hydroxyl groups is 1. The van der Waals surface area contributed by atoms with Gasteiger partial charge in [-0.2, -0.15) is 0 Å². The highest BCUT2D eigenvalue weighted by Gasteiger charge is 2.75. The van der Waals surface area contributed by atoms with E-state index in [4.69, 9.17) is 9.15 Å². The number of phenolic OH excluding ortho intramolecular Hbond substituents is 1. The first-order valence-electron chi connectivity index (χ1n) is 13.3. The van der Waals surface area contributed by atoms with E-state index >= 15 is 0 Å². The molecule has 2 aromatic rings. The predicted molar refractivity (Wildman–Crippen MR) is 134 cm³/mol. The molecule has 0 radical (unpaired) electrons. The fraction of sp³-hybridized carbons (Fsp3) is 0.552. The fourth-order valence-electron chi connectivity index (χ4n) is 8.07. The highest BCUT2D eigenvalue weighted by molar-refractivity contribution is 5.92. The minimum Gasteiger partial charge on any atom is -0.504 e. The van der Waals surface area contributed by atoms with Crippen molar-refractivity contribution in [3.8, 4) is 11.5 Å². The number of likely N-dealkylation sites (tertiary alicyclic amines) is 1. The molecule has 1 spiro atoms. The first kappa shape index (κ1) is 22.4. The van der Waals surface area contributed by atoms with Gasteiger partial charge in [-0.25, -0.2) is 0 Å². The maximum atomic E-state index is 13.3. The Labute approximate surface area is 211 Å². The molecule has 3 fully saturated rings. The van der Waals surface area contributed by atoms with E-state index < -0.39 is 17.1 Å². The number of benzene rings is 1. The number of hydrogen-bond acceptors (Lipinski definition) is 6. The molecule has 1 amide bonds. The Balaban J connectivity index is 1.31. The standard InChI is InChI=1S/C29H34N2O5/c1-17-13-21(30(2)24(33)8-5-19-9-12-35-16-19)27-28-10-11-31(15-18-3-4-18)23(29(17,28)34)14-20-6-7-22(32)26(36-27)25(20)28/h5-9,12,16-18,21,23,27,32,34H,3-4,10-11,13-15H2,1-2H3/b8-5+/t17-,21+,23+,27+,28-,29+/m0/s1. The summed E-state index contributed by atoms with van der Waals surface area (Å²) in [5.41, 5.74) is 1.36. The van der Waals surface area contributed by atoms with Crippen LogP contribution in [-0.2, 0) is 16.6 Å². The molecule has 6 atom stereocenters. The molecule has 36 heavy (non-hydrogen) atoms. The summed E-state index contributed by atoms with van der Waals surface area (Å²) in [7, 11) is 1.83. The van der Waals surface area contributed by atoms with Crippen molar-refractivity contribution in [2.45, 2.75) is 68.2 Å².